The van der Waals surface area contributed by atoms with Gasteiger partial charge in [0, 0.05) is 44.2 Å². The Morgan fingerprint density at radius 2 is 2.05 bits per heavy atom. The van der Waals surface area contributed by atoms with Crippen LogP contribution in [-0.2, 0) is 9.47 Å². The molecule has 1 aromatic rings. The summed E-state index contributed by atoms with van der Waals surface area (Å²) in [7, 11) is 0. The van der Waals surface area contributed by atoms with Crippen LogP contribution in [0.2, 0.25) is 0 Å². The molecule has 0 aromatic carbocycles. The molecule has 1 aromatic heterocycles. The van der Waals surface area contributed by atoms with Crippen LogP contribution in [0.15, 0.2) is 18.7 Å². The van der Waals surface area contributed by atoms with Crippen LogP contribution in [0.5, 0.6) is 0 Å². The van der Waals surface area contributed by atoms with Crippen molar-refractivity contribution < 1.29 is 9.47 Å². The van der Waals surface area contributed by atoms with Crippen molar-refractivity contribution in [3.63, 3.8) is 0 Å². The Kier molecular flexibility index (Phi) is 4.07. The van der Waals surface area contributed by atoms with E-state index in [9.17, 15) is 0 Å². The van der Waals surface area contributed by atoms with Crippen LogP contribution in [0, 0.1) is 6.92 Å². The molecule has 6 nitrogen and oxygen atoms in total. The number of hydrogen-bond acceptors (Lipinski definition) is 6. The lowest BCUT2D eigenvalue weighted by Crippen LogP contribution is -2.45. The van der Waals surface area contributed by atoms with Crippen molar-refractivity contribution in [3.05, 3.63) is 24.4 Å². The van der Waals surface area contributed by atoms with Crippen LogP contribution in [0.4, 0.5) is 11.8 Å². The number of rotatable bonds is 4. The third-order valence-electron chi connectivity index (χ3n) is 3.89. The van der Waals surface area contributed by atoms with Crippen LogP contribution < -0.4 is 10.2 Å². The monoisotopic (exact) mass is 290 g/mol. The van der Waals surface area contributed by atoms with E-state index in [4.69, 9.17) is 9.47 Å². The summed E-state index contributed by atoms with van der Waals surface area (Å²) >= 11 is 0. The van der Waals surface area contributed by atoms with E-state index in [-0.39, 0.29) is 5.79 Å². The summed E-state index contributed by atoms with van der Waals surface area (Å²) in [6.45, 7) is 9.50. The van der Waals surface area contributed by atoms with Crippen LogP contribution in [0.1, 0.15) is 18.5 Å². The quantitative estimate of drug-likeness (QED) is 0.852. The molecule has 1 N–H and O–H groups in total. The van der Waals surface area contributed by atoms with Crippen molar-refractivity contribution in [3.8, 4) is 0 Å². The molecule has 0 aliphatic carbocycles. The number of nitrogens with one attached hydrogen (secondary N) is 1. The largest absolute Gasteiger partial charge is 0.366 e. The van der Waals surface area contributed by atoms with Gasteiger partial charge in [-0.2, -0.15) is 4.98 Å². The van der Waals surface area contributed by atoms with E-state index in [1.165, 1.54) is 0 Å². The van der Waals surface area contributed by atoms with E-state index in [0.29, 0.717) is 19.8 Å². The summed E-state index contributed by atoms with van der Waals surface area (Å²) in [5.74, 6) is 1.25. The Morgan fingerprint density at radius 3 is 2.71 bits per heavy atom. The summed E-state index contributed by atoms with van der Waals surface area (Å²) in [4.78, 5) is 11.3. The number of aromatic nitrogens is 2. The fraction of sp³-hybridized carbons (Fsp3) is 0.600. The Morgan fingerprint density at radius 1 is 1.33 bits per heavy atom. The molecule has 0 amide bonds. The van der Waals surface area contributed by atoms with Crippen molar-refractivity contribution in [2.24, 2.45) is 0 Å². The first-order chi connectivity index (χ1) is 10.2. The molecule has 114 valence electrons. The molecule has 6 heteroatoms. The molecule has 0 radical (unpaired) electrons. The van der Waals surface area contributed by atoms with Gasteiger partial charge in [-0.1, -0.05) is 6.08 Å². The van der Waals surface area contributed by atoms with Crippen molar-refractivity contribution in [2.45, 2.75) is 25.6 Å². The molecule has 2 fully saturated rings. The molecular weight excluding hydrogens is 268 g/mol. The number of nitrogens with zero attached hydrogens (tertiary/aromatic N) is 3. The number of hydrogen-bond donors (Lipinski definition) is 1. The molecular formula is C15H22N4O2. The molecule has 1 spiro atoms. The lowest BCUT2D eigenvalue weighted by atomic mass is 10.0. The first-order valence-electron chi connectivity index (χ1n) is 7.44. The predicted octanol–water partition coefficient (Wildman–Crippen LogP) is 1.73. The van der Waals surface area contributed by atoms with E-state index in [0.717, 1.165) is 43.4 Å². The van der Waals surface area contributed by atoms with E-state index in [1.54, 1.807) is 0 Å². The van der Waals surface area contributed by atoms with Crippen LogP contribution in [0.25, 0.3) is 0 Å². The van der Waals surface area contributed by atoms with Gasteiger partial charge < -0.3 is 19.7 Å². The molecule has 0 unspecified atom stereocenters. The second kappa shape index (κ2) is 5.99. The molecule has 3 rings (SSSR count). The average Bonchev–Trinajstić information content (AvgIpc) is 2.93. The van der Waals surface area contributed by atoms with Gasteiger partial charge in [0.15, 0.2) is 5.79 Å². The van der Waals surface area contributed by atoms with E-state index in [1.807, 2.05) is 19.1 Å². The van der Waals surface area contributed by atoms with Gasteiger partial charge in [0.25, 0.3) is 0 Å². The lowest BCUT2D eigenvalue weighted by Gasteiger charge is -2.37. The van der Waals surface area contributed by atoms with E-state index in [2.05, 4.69) is 26.8 Å². The molecule has 0 atom stereocenters. The average molecular weight is 290 g/mol. The van der Waals surface area contributed by atoms with Crippen molar-refractivity contribution in [2.75, 3.05) is 43.1 Å². The number of ether oxygens (including phenoxy) is 2. The predicted molar refractivity (Wildman–Crippen MR) is 81.5 cm³/mol. The SMILES string of the molecule is C=CCNc1cc(C)nc(N2CCC3(CC2)OCCO3)n1. The minimum atomic E-state index is -0.357. The zero-order valence-corrected chi connectivity index (χ0v) is 12.5. The van der Waals surface area contributed by atoms with Crippen molar-refractivity contribution >= 4 is 11.8 Å². The minimum absolute atomic E-state index is 0.357. The fourth-order valence-electron chi connectivity index (χ4n) is 2.79. The molecule has 2 aliphatic heterocycles. The fourth-order valence-corrected chi connectivity index (χ4v) is 2.79. The topological polar surface area (TPSA) is 59.5 Å². The third-order valence-corrected chi connectivity index (χ3v) is 3.89. The Balaban J connectivity index is 1.69. The summed E-state index contributed by atoms with van der Waals surface area (Å²) < 4.78 is 11.5. The Bertz CT molecular complexity index is 504. The normalized spacial score (nSPS) is 20.7. The summed E-state index contributed by atoms with van der Waals surface area (Å²) in [6, 6.07) is 1.95. The van der Waals surface area contributed by atoms with Gasteiger partial charge in [-0.3, -0.25) is 0 Å². The van der Waals surface area contributed by atoms with Crippen LogP contribution >= 0.6 is 0 Å². The Labute approximate surface area is 125 Å². The maximum atomic E-state index is 5.75. The van der Waals surface area contributed by atoms with E-state index < -0.39 is 0 Å². The maximum Gasteiger partial charge on any atom is 0.227 e. The molecule has 0 saturated carbocycles. The molecule has 0 bridgehead atoms. The van der Waals surface area contributed by atoms with Crippen molar-refractivity contribution in [1.82, 2.24) is 9.97 Å². The number of aryl methyl sites for hydroxylation is 1. The van der Waals surface area contributed by atoms with Gasteiger partial charge in [-0.05, 0) is 6.92 Å². The highest BCUT2D eigenvalue weighted by Gasteiger charge is 2.40. The van der Waals surface area contributed by atoms with Gasteiger partial charge in [-0.15, -0.1) is 6.58 Å². The highest BCUT2D eigenvalue weighted by molar-refractivity contribution is 5.44. The maximum absolute atomic E-state index is 5.75. The number of piperidine rings is 1. The molecule has 2 saturated heterocycles. The van der Waals surface area contributed by atoms with Crippen LogP contribution in [0.3, 0.4) is 0 Å². The zero-order valence-electron chi connectivity index (χ0n) is 12.5. The lowest BCUT2D eigenvalue weighted by molar-refractivity contribution is -0.169. The first kappa shape index (κ1) is 14.3. The summed E-state index contributed by atoms with van der Waals surface area (Å²) in [6.07, 6.45) is 3.54. The van der Waals surface area contributed by atoms with Gasteiger partial charge >= 0.3 is 0 Å². The van der Waals surface area contributed by atoms with E-state index >= 15 is 0 Å². The molecule has 2 aliphatic rings. The van der Waals surface area contributed by atoms with Gasteiger partial charge in [-0.25, -0.2) is 4.98 Å². The van der Waals surface area contributed by atoms with Gasteiger partial charge in [0.1, 0.15) is 5.82 Å². The smallest absolute Gasteiger partial charge is 0.227 e. The summed E-state index contributed by atoms with van der Waals surface area (Å²) in [5, 5.41) is 3.22. The summed E-state index contributed by atoms with van der Waals surface area (Å²) in [5.41, 5.74) is 0.959. The molecule has 21 heavy (non-hydrogen) atoms. The number of anilines is 2. The van der Waals surface area contributed by atoms with Crippen molar-refractivity contribution in [1.29, 1.82) is 0 Å². The van der Waals surface area contributed by atoms with Crippen LogP contribution in [-0.4, -0.2) is 48.6 Å². The van der Waals surface area contributed by atoms with Gasteiger partial charge in [0.05, 0.1) is 13.2 Å². The molecule has 3 heterocycles. The first-order valence-corrected chi connectivity index (χ1v) is 7.44. The third kappa shape index (κ3) is 3.16. The minimum Gasteiger partial charge on any atom is -0.366 e. The van der Waals surface area contributed by atoms with Gasteiger partial charge in [0.2, 0.25) is 5.95 Å². The highest BCUT2D eigenvalue weighted by Crippen LogP contribution is 2.32. The second-order valence-electron chi connectivity index (χ2n) is 5.46. The standard InChI is InChI=1S/C15H22N4O2/c1-3-6-16-13-11-12(2)17-14(18-13)19-7-4-15(5-8-19)20-9-10-21-15/h3,11H,1,4-10H2,2H3,(H,16,17,18). The zero-order chi connectivity index (χ0) is 14.7. The Hall–Kier alpha value is -1.66. The second-order valence-corrected chi connectivity index (χ2v) is 5.46. The highest BCUT2D eigenvalue weighted by atomic mass is 16.7.